The van der Waals surface area contributed by atoms with E-state index >= 15 is 0 Å². The molecular weight excluding hydrogens is 755 g/mol. The van der Waals surface area contributed by atoms with Crippen LogP contribution in [0.5, 0.6) is 11.5 Å². The van der Waals surface area contributed by atoms with E-state index in [1.165, 1.54) is 27.6 Å². The van der Waals surface area contributed by atoms with Crippen LogP contribution in [0.4, 0.5) is 0 Å². The summed E-state index contributed by atoms with van der Waals surface area (Å²) in [5.41, 5.74) is 15.9. The fraction of sp³-hybridized carbons (Fsp3) is 0.0172. The maximum atomic E-state index is 6.66. The number of aromatic nitrogens is 3. The lowest BCUT2D eigenvalue weighted by Gasteiger charge is -2.39. The van der Waals surface area contributed by atoms with Gasteiger partial charge >= 0.3 is 0 Å². The molecular formula is C58H35N3O. The first kappa shape index (κ1) is 34.6. The van der Waals surface area contributed by atoms with Gasteiger partial charge in [0.1, 0.15) is 11.5 Å². The number of ether oxygens (including phenoxy) is 1. The Morgan fingerprint density at radius 1 is 0.339 bits per heavy atom. The van der Waals surface area contributed by atoms with Crippen molar-refractivity contribution >= 4 is 32.6 Å². The third-order valence-electron chi connectivity index (χ3n) is 12.9. The van der Waals surface area contributed by atoms with Gasteiger partial charge in [-0.25, -0.2) is 15.0 Å². The highest BCUT2D eigenvalue weighted by molar-refractivity contribution is 6.20. The van der Waals surface area contributed by atoms with E-state index < -0.39 is 5.41 Å². The lowest BCUT2D eigenvalue weighted by Crippen LogP contribution is -2.32. The molecule has 1 aliphatic heterocycles. The van der Waals surface area contributed by atoms with Crippen molar-refractivity contribution in [2.24, 2.45) is 0 Å². The molecule has 1 aliphatic carbocycles. The predicted molar refractivity (Wildman–Crippen MR) is 251 cm³/mol. The molecule has 0 saturated heterocycles. The minimum absolute atomic E-state index is 0.576. The summed E-state index contributed by atoms with van der Waals surface area (Å²) in [4.78, 5) is 15.5. The average molecular weight is 790 g/mol. The van der Waals surface area contributed by atoms with Gasteiger partial charge in [-0.1, -0.05) is 182 Å². The molecule has 11 aromatic rings. The minimum atomic E-state index is -0.576. The minimum Gasteiger partial charge on any atom is -0.457 e. The van der Waals surface area contributed by atoms with Crippen LogP contribution in [0.2, 0.25) is 0 Å². The molecule has 0 atom stereocenters. The molecule has 13 rings (SSSR count). The molecule has 0 fully saturated rings. The van der Waals surface area contributed by atoms with E-state index in [1.54, 1.807) is 0 Å². The first-order valence-electron chi connectivity index (χ1n) is 21.1. The Morgan fingerprint density at radius 3 is 1.66 bits per heavy atom. The monoisotopic (exact) mass is 789 g/mol. The molecule has 0 bridgehead atoms. The number of para-hydroxylation sites is 3. The number of pyridine rings is 1. The van der Waals surface area contributed by atoms with E-state index in [1.807, 2.05) is 24.3 Å². The molecule has 62 heavy (non-hydrogen) atoms. The van der Waals surface area contributed by atoms with Crippen molar-refractivity contribution in [3.05, 3.63) is 235 Å². The van der Waals surface area contributed by atoms with Crippen LogP contribution in [0.3, 0.4) is 0 Å². The number of nitrogens with zero attached hydrogens (tertiary/aromatic N) is 3. The van der Waals surface area contributed by atoms with Crippen molar-refractivity contribution in [3.8, 4) is 67.7 Å². The van der Waals surface area contributed by atoms with Gasteiger partial charge in [0.2, 0.25) is 0 Å². The van der Waals surface area contributed by atoms with E-state index in [0.29, 0.717) is 0 Å². The molecule has 2 aromatic heterocycles. The Labute approximate surface area is 358 Å². The molecule has 288 valence electrons. The smallest absolute Gasteiger partial charge is 0.160 e. The highest BCUT2D eigenvalue weighted by Crippen LogP contribution is 2.63. The molecule has 4 nitrogen and oxygen atoms in total. The Hall–Kier alpha value is -8.21. The fourth-order valence-corrected chi connectivity index (χ4v) is 10.3. The predicted octanol–water partition coefficient (Wildman–Crippen LogP) is 14.5. The van der Waals surface area contributed by atoms with Crippen LogP contribution in [-0.2, 0) is 5.41 Å². The van der Waals surface area contributed by atoms with Gasteiger partial charge in [0.15, 0.2) is 5.82 Å². The number of benzene rings is 9. The first-order chi connectivity index (χ1) is 30.7. The number of fused-ring (bicyclic) bond motifs is 14. The van der Waals surface area contributed by atoms with Crippen LogP contribution in [-0.4, -0.2) is 15.0 Å². The zero-order valence-electron chi connectivity index (χ0n) is 33.5. The van der Waals surface area contributed by atoms with Gasteiger partial charge in [0, 0.05) is 49.4 Å². The SMILES string of the molecule is c1ccc(-c2nc(-c3ccc(-c4ccc5nc(-c6ccccc6)c6ccc7c(c6c5c4)-c4ccccc4C74c5ccccc5Oc5ccccc54)cc3)c3ccccc3n2)cc1. The van der Waals surface area contributed by atoms with Crippen LogP contribution < -0.4 is 4.74 Å². The molecule has 0 saturated carbocycles. The summed E-state index contributed by atoms with van der Waals surface area (Å²) < 4.78 is 6.66. The summed E-state index contributed by atoms with van der Waals surface area (Å²) in [6, 6.07) is 75.4. The third kappa shape index (κ3) is 4.98. The van der Waals surface area contributed by atoms with Gasteiger partial charge in [-0.15, -0.1) is 0 Å². The van der Waals surface area contributed by atoms with Crippen molar-refractivity contribution in [1.29, 1.82) is 0 Å². The second-order valence-corrected chi connectivity index (χ2v) is 16.2. The van der Waals surface area contributed by atoms with Crippen molar-refractivity contribution in [3.63, 3.8) is 0 Å². The Bertz CT molecular complexity index is 3550. The lowest BCUT2D eigenvalue weighted by atomic mass is 9.66. The van der Waals surface area contributed by atoms with Crippen LogP contribution in [0.25, 0.3) is 88.7 Å². The molecule has 4 heteroatoms. The van der Waals surface area contributed by atoms with Gasteiger partial charge in [0.05, 0.1) is 27.8 Å². The molecule has 9 aromatic carbocycles. The zero-order chi connectivity index (χ0) is 40.8. The van der Waals surface area contributed by atoms with Crippen LogP contribution in [0.1, 0.15) is 22.3 Å². The van der Waals surface area contributed by atoms with Gasteiger partial charge in [-0.2, -0.15) is 0 Å². The van der Waals surface area contributed by atoms with E-state index in [0.717, 1.165) is 94.8 Å². The molecule has 0 N–H and O–H groups in total. The summed E-state index contributed by atoms with van der Waals surface area (Å²) in [5, 5.41) is 4.48. The highest BCUT2D eigenvalue weighted by Gasteiger charge is 2.51. The standard InChI is InChI=1S/C58H35N3O/c1-3-15-37(16-4-1)56-43-32-33-48-54(41-19-7-9-21-45(41)58(48)46-22-10-13-25-51(46)62-52-26-14-11-23-47(52)58)53(43)44-35-40(31-34-50(44)59-56)36-27-29-38(30-28-36)55-42-20-8-12-24-49(42)60-57(61-55)39-17-5-2-6-18-39/h1-35H. The van der Waals surface area contributed by atoms with Crippen LogP contribution in [0.15, 0.2) is 212 Å². The maximum absolute atomic E-state index is 6.66. The Morgan fingerprint density at radius 2 is 0.903 bits per heavy atom. The van der Waals surface area contributed by atoms with E-state index in [2.05, 4.69) is 188 Å². The van der Waals surface area contributed by atoms with Gasteiger partial charge < -0.3 is 4.74 Å². The Kier molecular flexibility index (Phi) is 7.49. The second-order valence-electron chi connectivity index (χ2n) is 16.2. The molecule has 3 heterocycles. The Balaban J connectivity index is 1.05. The largest absolute Gasteiger partial charge is 0.457 e. The van der Waals surface area contributed by atoms with E-state index in [-0.39, 0.29) is 0 Å². The third-order valence-corrected chi connectivity index (χ3v) is 12.9. The van der Waals surface area contributed by atoms with Crippen molar-refractivity contribution in [2.45, 2.75) is 5.41 Å². The zero-order valence-corrected chi connectivity index (χ0v) is 33.5. The summed E-state index contributed by atoms with van der Waals surface area (Å²) in [5.74, 6) is 2.49. The summed E-state index contributed by atoms with van der Waals surface area (Å²) >= 11 is 0. The first-order valence-corrected chi connectivity index (χ1v) is 21.1. The summed E-state index contributed by atoms with van der Waals surface area (Å²) in [6.45, 7) is 0. The topological polar surface area (TPSA) is 47.9 Å². The van der Waals surface area contributed by atoms with Crippen molar-refractivity contribution in [1.82, 2.24) is 15.0 Å². The molecule has 0 unspecified atom stereocenters. The maximum Gasteiger partial charge on any atom is 0.160 e. The van der Waals surface area contributed by atoms with Crippen LogP contribution in [0, 0.1) is 0 Å². The summed E-state index contributed by atoms with van der Waals surface area (Å²) in [6.07, 6.45) is 0. The average Bonchev–Trinajstić information content (AvgIpc) is 3.64. The molecule has 0 radical (unpaired) electrons. The summed E-state index contributed by atoms with van der Waals surface area (Å²) in [7, 11) is 0. The van der Waals surface area contributed by atoms with Crippen molar-refractivity contribution in [2.75, 3.05) is 0 Å². The quantitative estimate of drug-likeness (QED) is 0.167. The number of hydrogen-bond donors (Lipinski definition) is 0. The second kappa shape index (κ2) is 13.4. The lowest BCUT2D eigenvalue weighted by molar-refractivity contribution is 0.436. The van der Waals surface area contributed by atoms with Crippen molar-refractivity contribution < 1.29 is 4.74 Å². The number of rotatable bonds is 4. The van der Waals surface area contributed by atoms with Crippen LogP contribution >= 0.6 is 0 Å². The molecule has 0 amide bonds. The van der Waals surface area contributed by atoms with Gasteiger partial charge in [0.25, 0.3) is 0 Å². The molecule has 2 aliphatic rings. The highest BCUT2D eigenvalue weighted by atomic mass is 16.5. The normalized spacial score (nSPS) is 13.1. The molecule has 1 spiro atoms. The number of hydrogen-bond acceptors (Lipinski definition) is 4. The van der Waals surface area contributed by atoms with Gasteiger partial charge in [-0.3, -0.25) is 0 Å². The fourth-order valence-electron chi connectivity index (χ4n) is 10.3. The van der Waals surface area contributed by atoms with Gasteiger partial charge in [-0.05, 0) is 63.7 Å². The van der Waals surface area contributed by atoms with E-state index in [4.69, 9.17) is 19.7 Å². The van der Waals surface area contributed by atoms with E-state index in [9.17, 15) is 0 Å².